The first-order chi connectivity index (χ1) is 8.68. The molecule has 1 heterocycles. The average molecular weight is 264 g/mol. The van der Waals surface area contributed by atoms with Crippen molar-refractivity contribution in [1.29, 1.82) is 0 Å². The number of benzene rings is 2. The highest BCUT2D eigenvalue weighted by molar-refractivity contribution is 7.98. The Bertz CT molecular complexity index is 613. The molecule has 1 aliphatic rings. The van der Waals surface area contributed by atoms with E-state index in [0.29, 0.717) is 11.3 Å². The summed E-state index contributed by atoms with van der Waals surface area (Å²) >= 11 is 1.41. The van der Waals surface area contributed by atoms with Crippen LogP contribution in [0.25, 0.3) is 0 Å². The van der Waals surface area contributed by atoms with Crippen LogP contribution in [0, 0.1) is 11.6 Å². The Balaban J connectivity index is 2.21. The Labute approximate surface area is 107 Å². The van der Waals surface area contributed by atoms with Gasteiger partial charge in [-0.05, 0) is 23.3 Å². The smallest absolute Gasteiger partial charge is 0.163 e. The molecule has 4 heteroatoms. The monoisotopic (exact) mass is 264 g/mol. The molecule has 0 aliphatic carbocycles. The molecule has 0 unspecified atom stereocenters. The van der Waals surface area contributed by atoms with Gasteiger partial charge in [0.1, 0.15) is 6.10 Å². The zero-order valence-corrected chi connectivity index (χ0v) is 10.2. The van der Waals surface area contributed by atoms with Crippen LogP contribution in [-0.2, 0) is 5.75 Å². The van der Waals surface area contributed by atoms with Crippen molar-refractivity contribution in [3.63, 3.8) is 0 Å². The summed E-state index contributed by atoms with van der Waals surface area (Å²) in [5, 5.41) is 10.3. The first kappa shape index (κ1) is 11.7. The molecule has 0 aromatic heterocycles. The Hall–Kier alpha value is -1.39. The fourth-order valence-electron chi connectivity index (χ4n) is 2.17. The summed E-state index contributed by atoms with van der Waals surface area (Å²) in [4.78, 5) is 0.904. The lowest BCUT2D eigenvalue weighted by Gasteiger charge is -2.14. The predicted octanol–water partition coefficient (Wildman–Crippen LogP) is 3.65. The number of aliphatic hydroxyl groups is 1. The van der Waals surface area contributed by atoms with Gasteiger partial charge in [0, 0.05) is 16.2 Å². The molecule has 0 spiro atoms. The lowest BCUT2D eigenvalue weighted by molar-refractivity contribution is 0.216. The summed E-state index contributed by atoms with van der Waals surface area (Å²) in [6, 6.07) is 9.91. The molecule has 0 amide bonds. The van der Waals surface area contributed by atoms with Crippen LogP contribution in [-0.4, -0.2) is 5.11 Å². The molecule has 1 N–H and O–H groups in total. The SMILES string of the molecule is O[C@@H]1c2ccccc2SCc2c1ccc(F)c2F. The van der Waals surface area contributed by atoms with Crippen LogP contribution in [0.2, 0.25) is 0 Å². The summed E-state index contributed by atoms with van der Waals surface area (Å²) in [5.41, 5.74) is 1.45. The fourth-order valence-corrected chi connectivity index (χ4v) is 3.28. The molecule has 0 bridgehead atoms. The van der Waals surface area contributed by atoms with E-state index in [2.05, 4.69) is 0 Å². The zero-order chi connectivity index (χ0) is 12.7. The number of fused-ring (bicyclic) bond motifs is 2. The molecule has 18 heavy (non-hydrogen) atoms. The van der Waals surface area contributed by atoms with Crippen molar-refractivity contribution in [3.8, 4) is 0 Å². The number of hydrogen-bond acceptors (Lipinski definition) is 2. The van der Waals surface area contributed by atoms with Gasteiger partial charge in [-0.2, -0.15) is 0 Å². The average Bonchev–Trinajstić information content (AvgIpc) is 2.53. The number of rotatable bonds is 0. The van der Waals surface area contributed by atoms with Crippen molar-refractivity contribution >= 4 is 11.8 Å². The second kappa shape index (κ2) is 4.37. The summed E-state index contributed by atoms with van der Waals surface area (Å²) in [7, 11) is 0. The molecule has 0 radical (unpaired) electrons. The Morgan fingerprint density at radius 2 is 1.83 bits per heavy atom. The van der Waals surface area contributed by atoms with Gasteiger partial charge in [0.15, 0.2) is 11.6 Å². The van der Waals surface area contributed by atoms with E-state index in [1.54, 1.807) is 0 Å². The van der Waals surface area contributed by atoms with Crippen molar-refractivity contribution in [2.75, 3.05) is 0 Å². The van der Waals surface area contributed by atoms with Crippen molar-refractivity contribution < 1.29 is 13.9 Å². The molecule has 3 rings (SSSR count). The third kappa shape index (κ3) is 1.72. The first-order valence-electron chi connectivity index (χ1n) is 5.55. The van der Waals surface area contributed by atoms with Crippen molar-refractivity contribution in [2.45, 2.75) is 16.8 Å². The predicted molar refractivity (Wildman–Crippen MR) is 66.4 cm³/mol. The summed E-state index contributed by atoms with van der Waals surface area (Å²) in [5.74, 6) is -1.40. The standard InChI is InChI=1S/C14H10F2OS/c15-11-6-5-8-10(13(11)16)7-18-12-4-2-1-3-9(12)14(8)17/h1-6,14,17H,7H2/t14-/m0/s1. The fraction of sp³-hybridized carbons (Fsp3) is 0.143. The highest BCUT2D eigenvalue weighted by Crippen LogP contribution is 2.40. The number of hydrogen-bond donors (Lipinski definition) is 1. The van der Waals surface area contributed by atoms with Gasteiger partial charge in [0.05, 0.1) is 0 Å². The van der Waals surface area contributed by atoms with E-state index in [4.69, 9.17) is 0 Å². The molecular weight excluding hydrogens is 254 g/mol. The quantitative estimate of drug-likeness (QED) is 0.783. The van der Waals surface area contributed by atoms with E-state index in [0.717, 1.165) is 16.5 Å². The molecule has 92 valence electrons. The van der Waals surface area contributed by atoms with E-state index in [1.807, 2.05) is 24.3 Å². The van der Waals surface area contributed by atoms with E-state index in [-0.39, 0.29) is 5.56 Å². The van der Waals surface area contributed by atoms with Gasteiger partial charge in [0.25, 0.3) is 0 Å². The molecule has 1 nitrogen and oxygen atoms in total. The van der Waals surface area contributed by atoms with Crippen LogP contribution in [0.4, 0.5) is 8.78 Å². The van der Waals surface area contributed by atoms with Gasteiger partial charge in [-0.15, -0.1) is 11.8 Å². The van der Waals surface area contributed by atoms with E-state index in [1.165, 1.54) is 17.8 Å². The molecule has 1 aliphatic heterocycles. The second-order valence-electron chi connectivity index (χ2n) is 4.16. The number of aliphatic hydroxyl groups excluding tert-OH is 1. The summed E-state index contributed by atoms with van der Waals surface area (Å²) in [6.07, 6.45) is -0.902. The van der Waals surface area contributed by atoms with Crippen LogP contribution >= 0.6 is 11.8 Å². The van der Waals surface area contributed by atoms with E-state index in [9.17, 15) is 13.9 Å². The van der Waals surface area contributed by atoms with Crippen LogP contribution in [0.3, 0.4) is 0 Å². The minimum Gasteiger partial charge on any atom is -0.384 e. The maximum Gasteiger partial charge on any atom is 0.163 e. The maximum absolute atomic E-state index is 13.8. The summed E-state index contributed by atoms with van der Waals surface area (Å²) in [6.45, 7) is 0. The Morgan fingerprint density at radius 3 is 2.67 bits per heavy atom. The van der Waals surface area contributed by atoms with Gasteiger partial charge >= 0.3 is 0 Å². The molecular formula is C14H10F2OS. The topological polar surface area (TPSA) is 20.2 Å². The van der Waals surface area contributed by atoms with Gasteiger partial charge in [-0.1, -0.05) is 24.3 Å². The largest absolute Gasteiger partial charge is 0.384 e. The Morgan fingerprint density at radius 1 is 1.06 bits per heavy atom. The molecule has 2 aromatic carbocycles. The van der Waals surface area contributed by atoms with Crippen LogP contribution in [0.5, 0.6) is 0 Å². The number of thioether (sulfide) groups is 1. The minimum absolute atomic E-state index is 0.253. The first-order valence-corrected chi connectivity index (χ1v) is 6.53. The van der Waals surface area contributed by atoms with Gasteiger partial charge in [-0.25, -0.2) is 8.78 Å². The maximum atomic E-state index is 13.8. The van der Waals surface area contributed by atoms with Gasteiger partial charge in [0.2, 0.25) is 0 Å². The molecule has 2 aromatic rings. The molecule has 1 atom stereocenters. The third-order valence-corrected chi connectivity index (χ3v) is 4.23. The second-order valence-corrected chi connectivity index (χ2v) is 5.18. The van der Waals surface area contributed by atoms with E-state index < -0.39 is 17.7 Å². The molecule has 0 fully saturated rings. The van der Waals surface area contributed by atoms with Crippen molar-refractivity contribution in [3.05, 3.63) is 64.7 Å². The highest BCUT2D eigenvalue weighted by atomic mass is 32.2. The van der Waals surface area contributed by atoms with Crippen LogP contribution in [0.15, 0.2) is 41.3 Å². The van der Waals surface area contributed by atoms with Crippen molar-refractivity contribution in [2.24, 2.45) is 0 Å². The lowest BCUT2D eigenvalue weighted by Crippen LogP contribution is -2.05. The van der Waals surface area contributed by atoms with Gasteiger partial charge in [-0.3, -0.25) is 0 Å². The van der Waals surface area contributed by atoms with Crippen LogP contribution < -0.4 is 0 Å². The normalized spacial score (nSPS) is 17.8. The summed E-state index contributed by atoms with van der Waals surface area (Å²) < 4.78 is 27.0. The highest BCUT2D eigenvalue weighted by Gasteiger charge is 2.25. The van der Waals surface area contributed by atoms with Gasteiger partial charge < -0.3 is 5.11 Å². The lowest BCUT2D eigenvalue weighted by atomic mass is 9.97. The third-order valence-electron chi connectivity index (χ3n) is 3.11. The number of halogens is 2. The Kier molecular flexibility index (Phi) is 2.84. The minimum atomic E-state index is -0.902. The zero-order valence-electron chi connectivity index (χ0n) is 9.36. The van der Waals surface area contributed by atoms with E-state index >= 15 is 0 Å². The molecule has 0 saturated carbocycles. The van der Waals surface area contributed by atoms with Crippen molar-refractivity contribution in [1.82, 2.24) is 0 Å². The molecule has 0 saturated heterocycles. The van der Waals surface area contributed by atoms with Crippen LogP contribution in [0.1, 0.15) is 22.8 Å².